The van der Waals surface area contributed by atoms with E-state index in [-0.39, 0.29) is 5.82 Å². The monoisotopic (exact) mass is 328 g/mol. The first-order valence-electron chi connectivity index (χ1n) is 6.80. The van der Waals surface area contributed by atoms with E-state index in [0.717, 1.165) is 5.56 Å². The summed E-state index contributed by atoms with van der Waals surface area (Å²) in [6.07, 6.45) is 1.41. The summed E-state index contributed by atoms with van der Waals surface area (Å²) in [6, 6.07) is 13.7. The molecule has 0 spiro atoms. The van der Waals surface area contributed by atoms with Crippen LogP contribution in [0.15, 0.2) is 53.6 Å². The fourth-order valence-corrected chi connectivity index (χ4v) is 2.23. The Kier molecular flexibility index (Phi) is 4.29. The van der Waals surface area contributed by atoms with E-state index >= 15 is 0 Å². The molecule has 0 aliphatic carbocycles. The van der Waals surface area contributed by atoms with Crippen LogP contribution in [-0.4, -0.2) is 28.2 Å². The Morgan fingerprint density at radius 2 is 2.09 bits per heavy atom. The lowest BCUT2D eigenvalue weighted by Gasteiger charge is -2.04. The average molecular weight is 328 g/mol. The van der Waals surface area contributed by atoms with E-state index in [1.165, 1.54) is 17.0 Å². The molecule has 2 aromatic carbocycles. The van der Waals surface area contributed by atoms with Crippen molar-refractivity contribution in [3.05, 3.63) is 64.7 Å². The highest BCUT2D eigenvalue weighted by Crippen LogP contribution is 2.22. The second kappa shape index (κ2) is 6.53. The molecule has 1 heterocycles. The zero-order chi connectivity index (χ0) is 16.2. The molecule has 7 heteroatoms. The molecule has 1 aromatic heterocycles. The van der Waals surface area contributed by atoms with Crippen LogP contribution in [0.4, 0.5) is 4.39 Å². The molecular weight excluding hydrogens is 315 g/mol. The average Bonchev–Trinajstić information content (AvgIpc) is 2.95. The molecule has 0 bridgehead atoms. The Morgan fingerprint density at radius 3 is 2.87 bits per heavy atom. The predicted octanol–water partition coefficient (Wildman–Crippen LogP) is 3.64. The molecule has 0 unspecified atom stereocenters. The third kappa shape index (κ3) is 3.19. The third-order valence-corrected chi connectivity index (χ3v) is 3.46. The number of rotatable bonds is 4. The second-order valence-corrected chi connectivity index (χ2v) is 5.05. The number of halogens is 1. The van der Waals surface area contributed by atoms with E-state index in [0.29, 0.717) is 21.9 Å². The first-order chi connectivity index (χ1) is 11.2. The maximum Gasteiger partial charge on any atom is 0.216 e. The van der Waals surface area contributed by atoms with E-state index in [1.807, 2.05) is 24.3 Å². The smallest absolute Gasteiger partial charge is 0.216 e. The summed E-state index contributed by atoms with van der Waals surface area (Å²) < 4.78 is 20.6. The first-order valence-corrected chi connectivity index (χ1v) is 7.20. The van der Waals surface area contributed by atoms with Crippen LogP contribution in [0.1, 0.15) is 5.56 Å². The molecular formula is C16H13FN4OS. The van der Waals surface area contributed by atoms with Gasteiger partial charge in [-0.3, -0.25) is 0 Å². The number of hydrogen-bond acceptors (Lipinski definition) is 4. The fraction of sp³-hybridized carbons (Fsp3) is 0.0625. The van der Waals surface area contributed by atoms with Gasteiger partial charge in [-0.1, -0.05) is 30.3 Å². The predicted molar refractivity (Wildman–Crippen MR) is 88.8 cm³/mol. The third-order valence-electron chi connectivity index (χ3n) is 3.20. The molecule has 5 nitrogen and oxygen atoms in total. The standard InChI is InChI=1S/C16H13FN4OS/c1-22-13-7-4-6-11(9-13)15-19-20-16(23)21(15)18-10-12-5-2-3-8-14(12)17/h2-10H,1H3,(H,20,23)/b18-10-. The summed E-state index contributed by atoms with van der Waals surface area (Å²) in [5.74, 6) is 0.858. The highest BCUT2D eigenvalue weighted by molar-refractivity contribution is 7.71. The topological polar surface area (TPSA) is 55.2 Å². The number of benzene rings is 2. The largest absolute Gasteiger partial charge is 0.497 e. The molecule has 0 atom stereocenters. The molecule has 0 radical (unpaired) electrons. The normalized spacial score (nSPS) is 11.0. The quantitative estimate of drug-likeness (QED) is 0.588. The van der Waals surface area contributed by atoms with Crippen molar-refractivity contribution in [2.75, 3.05) is 7.11 Å². The van der Waals surface area contributed by atoms with Crippen molar-refractivity contribution in [2.24, 2.45) is 5.10 Å². The van der Waals surface area contributed by atoms with Crippen molar-refractivity contribution in [1.82, 2.24) is 14.9 Å². The van der Waals surface area contributed by atoms with Gasteiger partial charge in [-0.15, -0.1) is 0 Å². The van der Waals surface area contributed by atoms with Gasteiger partial charge in [0.05, 0.1) is 13.3 Å². The molecule has 0 aliphatic rings. The minimum absolute atomic E-state index is 0.315. The zero-order valence-electron chi connectivity index (χ0n) is 12.2. The number of H-pyrrole nitrogens is 1. The van der Waals surface area contributed by atoms with Gasteiger partial charge in [-0.05, 0) is 30.4 Å². The number of nitrogens with one attached hydrogen (secondary N) is 1. The van der Waals surface area contributed by atoms with Crippen molar-refractivity contribution >= 4 is 18.4 Å². The van der Waals surface area contributed by atoms with Crippen LogP contribution in [0.3, 0.4) is 0 Å². The molecule has 0 saturated heterocycles. The van der Waals surface area contributed by atoms with E-state index in [1.54, 1.807) is 25.3 Å². The molecule has 0 amide bonds. The van der Waals surface area contributed by atoms with Gasteiger partial charge in [0.15, 0.2) is 5.82 Å². The molecule has 1 N–H and O–H groups in total. The SMILES string of the molecule is COc1cccc(-c2n[nH]c(=S)n2/N=C\c2ccccc2F)c1. The van der Waals surface area contributed by atoms with E-state index in [4.69, 9.17) is 17.0 Å². The van der Waals surface area contributed by atoms with Crippen LogP contribution >= 0.6 is 12.2 Å². The van der Waals surface area contributed by atoms with Crippen molar-refractivity contribution in [3.63, 3.8) is 0 Å². The van der Waals surface area contributed by atoms with Crippen LogP contribution in [-0.2, 0) is 0 Å². The number of aromatic nitrogens is 3. The summed E-state index contributed by atoms with van der Waals surface area (Å²) in [7, 11) is 1.59. The van der Waals surface area contributed by atoms with Crippen LogP contribution in [0.5, 0.6) is 5.75 Å². The lowest BCUT2D eigenvalue weighted by molar-refractivity contribution is 0.415. The number of aromatic amines is 1. The summed E-state index contributed by atoms with van der Waals surface area (Å²) in [6.45, 7) is 0. The van der Waals surface area contributed by atoms with Gasteiger partial charge in [0.1, 0.15) is 11.6 Å². The highest BCUT2D eigenvalue weighted by atomic mass is 32.1. The minimum atomic E-state index is -0.353. The van der Waals surface area contributed by atoms with Gasteiger partial charge in [0.2, 0.25) is 4.77 Å². The lowest BCUT2D eigenvalue weighted by atomic mass is 10.2. The van der Waals surface area contributed by atoms with E-state index < -0.39 is 0 Å². The summed E-state index contributed by atoms with van der Waals surface area (Å²) in [5, 5.41) is 11.1. The van der Waals surface area contributed by atoms with Crippen LogP contribution in [0.25, 0.3) is 11.4 Å². The Labute approximate surface area is 137 Å². The Morgan fingerprint density at radius 1 is 1.26 bits per heavy atom. The molecule has 23 heavy (non-hydrogen) atoms. The van der Waals surface area contributed by atoms with Gasteiger partial charge in [-0.25, -0.2) is 9.49 Å². The van der Waals surface area contributed by atoms with Crippen molar-refractivity contribution in [3.8, 4) is 17.1 Å². The van der Waals surface area contributed by atoms with Crippen LogP contribution in [0.2, 0.25) is 0 Å². The highest BCUT2D eigenvalue weighted by Gasteiger charge is 2.09. The van der Waals surface area contributed by atoms with Gasteiger partial charge in [0, 0.05) is 11.1 Å². The number of nitrogens with zero attached hydrogens (tertiary/aromatic N) is 3. The zero-order valence-corrected chi connectivity index (χ0v) is 13.0. The first kappa shape index (κ1) is 15.1. The second-order valence-electron chi connectivity index (χ2n) is 4.66. The lowest BCUT2D eigenvalue weighted by Crippen LogP contribution is -1.96. The summed E-state index contributed by atoms with van der Waals surface area (Å²) >= 11 is 5.19. The molecule has 0 aliphatic heterocycles. The van der Waals surface area contributed by atoms with Gasteiger partial charge < -0.3 is 4.74 Å². The van der Waals surface area contributed by atoms with Crippen molar-refractivity contribution in [2.45, 2.75) is 0 Å². The summed E-state index contributed by atoms with van der Waals surface area (Å²) in [4.78, 5) is 0. The number of methoxy groups -OCH3 is 1. The van der Waals surface area contributed by atoms with Gasteiger partial charge >= 0.3 is 0 Å². The van der Waals surface area contributed by atoms with Crippen LogP contribution in [0, 0.1) is 10.6 Å². The van der Waals surface area contributed by atoms with Gasteiger partial charge in [0.25, 0.3) is 0 Å². The maximum atomic E-state index is 13.7. The fourth-order valence-electron chi connectivity index (χ4n) is 2.05. The van der Waals surface area contributed by atoms with Gasteiger partial charge in [-0.2, -0.15) is 14.9 Å². The van der Waals surface area contributed by atoms with Crippen molar-refractivity contribution < 1.29 is 9.13 Å². The van der Waals surface area contributed by atoms with E-state index in [9.17, 15) is 4.39 Å². The molecule has 0 fully saturated rings. The minimum Gasteiger partial charge on any atom is -0.497 e. The Bertz CT molecular complexity index is 916. The molecule has 3 rings (SSSR count). The summed E-state index contributed by atoms with van der Waals surface area (Å²) in [5.41, 5.74) is 1.15. The van der Waals surface area contributed by atoms with Crippen LogP contribution < -0.4 is 4.74 Å². The number of ether oxygens (including phenoxy) is 1. The molecule has 0 saturated carbocycles. The Balaban J connectivity index is 2.02. The maximum absolute atomic E-state index is 13.7. The molecule has 3 aromatic rings. The number of hydrogen-bond donors (Lipinski definition) is 1. The Hall–Kier alpha value is -2.80. The molecule has 116 valence electrons. The van der Waals surface area contributed by atoms with E-state index in [2.05, 4.69) is 15.3 Å². The van der Waals surface area contributed by atoms with Crippen molar-refractivity contribution in [1.29, 1.82) is 0 Å².